The summed E-state index contributed by atoms with van der Waals surface area (Å²) in [6.07, 6.45) is -0.702. The average Bonchev–Trinajstić information content (AvgIpc) is 2.86. The SMILES string of the molecule is CN(C(=O)c1cc([N+](=O)[O-])cc(Cl)c1Cl)[C@@H]1CNC[C@H]1O. The number of β-amino-alcohol motifs (C(OH)–C–C–N with tert-alkyl or cyclic N) is 1. The van der Waals surface area contributed by atoms with Crippen molar-refractivity contribution in [2.75, 3.05) is 20.1 Å². The van der Waals surface area contributed by atoms with Crippen molar-refractivity contribution in [3.63, 3.8) is 0 Å². The Morgan fingerprint density at radius 2 is 2.14 bits per heavy atom. The van der Waals surface area contributed by atoms with E-state index >= 15 is 0 Å². The molecule has 2 rings (SSSR count). The fourth-order valence-electron chi connectivity index (χ4n) is 2.22. The Labute approximate surface area is 130 Å². The number of non-ortho nitro benzene ring substituents is 1. The van der Waals surface area contributed by atoms with E-state index in [1.807, 2.05) is 0 Å². The zero-order valence-corrected chi connectivity index (χ0v) is 12.6. The highest BCUT2D eigenvalue weighted by molar-refractivity contribution is 6.44. The standard InChI is InChI=1S/C12H13Cl2N3O4/c1-16(9-4-15-5-10(9)18)12(19)7-2-6(17(20)21)3-8(13)11(7)14/h2-3,9-10,15,18H,4-5H2,1H3/t9-,10-/m1/s1. The van der Waals surface area contributed by atoms with Gasteiger partial charge in [-0.25, -0.2) is 0 Å². The maximum absolute atomic E-state index is 12.4. The summed E-state index contributed by atoms with van der Waals surface area (Å²) in [6.45, 7) is 0.815. The average molecular weight is 334 g/mol. The van der Waals surface area contributed by atoms with E-state index in [1.54, 1.807) is 0 Å². The molecule has 1 aromatic rings. The van der Waals surface area contributed by atoms with Crippen molar-refractivity contribution in [3.05, 3.63) is 37.9 Å². The molecule has 2 N–H and O–H groups in total. The van der Waals surface area contributed by atoms with Crippen molar-refractivity contribution in [3.8, 4) is 0 Å². The number of hydrogen-bond acceptors (Lipinski definition) is 5. The fraction of sp³-hybridized carbons (Fsp3) is 0.417. The number of amides is 1. The monoisotopic (exact) mass is 333 g/mol. The largest absolute Gasteiger partial charge is 0.390 e. The molecule has 1 aromatic carbocycles. The molecular formula is C12H13Cl2N3O4. The number of aliphatic hydroxyl groups is 1. The zero-order chi connectivity index (χ0) is 15.7. The summed E-state index contributed by atoms with van der Waals surface area (Å²) in [6, 6.07) is 1.75. The van der Waals surface area contributed by atoms with Crippen LogP contribution in [0, 0.1) is 10.1 Å². The summed E-state index contributed by atoms with van der Waals surface area (Å²) in [5.74, 6) is -0.529. The lowest BCUT2D eigenvalue weighted by Gasteiger charge is -2.26. The molecule has 1 fully saturated rings. The van der Waals surface area contributed by atoms with Crippen LogP contribution in [0.15, 0.2) is 12.1 Å². The maximum Gasteiger partial charge on any atom is 0.271 e. The van der Waals surface area contributed by atoms with Gasteiger partial charge in [-0.3, -0.25) is 14.9 Å². The van der Waals surface area contributed by atoms with Crippen molar-refractivity contribution >= 4 is 34.8 Å². The number of carbonyl (C=O) groups excluding carboxylic acids is 1. The van der Waals surface area contributed by atoms with Gasteiger partial charge in [0.1, 0.15) is 0 Å². The summed E-state index contributed by atoms with van der Waals surface area (Å²) in [5, 5.41) is 23.5. The molecule has 7 nitrogen and oxygen atoms in total. The van der Waals surface area contributed by atoms with Gasteiger partial charge in [-0.05, 0) is 0 Å². The van der Waals surface area contributed by atoms with Gasteiger partial charge in [-0.15, -0.1) is 0 Å². The van der Waals surface area contributed by atoms with E-state index in [4.69, 9.17) is 23.2 Å². The first-order valence-corrected chi connectivity index (χ1v) is 6.88. The number of nitro groups is 1. The Hall–Kier alpha value is -1.41. The minimum atomic E-state index is -0.702. The van der Waals surface area contributed by atoms with Crippen molar-refractivity contribution in [2.45, 2.75) is 12.1 Å². The summed E-state index contributed by atoms with van der Waals surface area (Å²) < 4.78 is 0. The second kappa shape index (κ2) is 6.15. The van der Waals surface area contributed by atoms with Crippen LogP contribution >= 0.6 is 23.2 Å². The van der Waals surface area contributed by atoms with Crippen LogP contribution in [0.1, 0.15) is 10.4 Å². The Balaban J connectivity index is 2.36. The molecule has 9 heteroatoms. The summed E-state index contributed by atoms with van der Waals surface area (Å²) >= 11 is 11.8. The van der Waals surface area contributed by atoms with Crippen molar-refractivity contribution in [1.82, 2.24) is 10.2 Å². The molecule has 0 spiro atoms. The van der Waals surface area contributed by atoms with Crippen LogP contribution < -0.4 is 5.32 Å². The fourth-order valence-corrected chi connectivity index (χ4v) is 2.63. The molecule has 1 amide bonds. The summed E-state index contributed by atoms with van der Waals surface area (Å²) in [5.41, 5.74) is -0.372. The zero-order valence-electron chi connectivity index (χ0n) is 11.0. The molecule has 1 heterocycles. The predicted molar refractivity (Wildman–Crippen MR) is 77.9 cm³/mol. The number of benzene rings is 1. The molecule has 0 unspecified atom stereocenters. The Morgan fingerprint density at radius 1 is 1.48 bits per heavy atom. The Kier molecular flexibility index (Phi) is 4.67. The number of rotatable bonds is 3. The molecule has 0 bridgehead atoms. The first kappa shape index (κ1) is 16.0. The number of aliphatic hydroxyl groups excluding tert-OH is 1. The van der Waals surface area contributed by atoms with E-state index < -0.39 is 23.0 Å². The van der Waals surface area contributed by atoms with E-state index in [0.29, 0.717) is 13.1 Å². The second-order valence-corrected chi connectivity index (χ2v) is 5.54. The Morgan fingerprint density at radius 3 is 2.67 bits per heavy atom. The van der Waals surface area contributed by atoms with Gasteiger partial charge in [0.2, 0.25) is 0 Å². The van der Waals surface area contributed by atoms with Crippen molar-refractivity contribution < 1.29 is 14.8 Å². The lowest BCUT2D eigenvalue weighted by Crippen LogP contribution is -2.44. The molecule has 0 saturated carbocycles. The first-order valence-electron chi connectivity index (χ1n) is 6.12. The highest BCUT2D eigenvalue weighted by Gasteiger charge is 2.33. The lowest BCUT2D eigenvalue weighted by molar-refractivity contribution is -0.384. The third-order valence-corrected chi connectivity index (χ3v) is 4.23. The topological polar surface area (TPSA) is 95.7 Å². The van der Waals surface area contributed by atoms with Gasteiger partial charge >= 0.3 is 0 Å². The van der Waals surface area contributed by atoms with Crippen molar-refractivity contribution in [1.29, 1.82) is 0 Å². The quantitative estimate of drug-likeness (QED) is 0.642. The van der Waals surface area contributed by atoms with Crippen LogP contribution in [0.3, 0.4) is 0 Å². The van der Waals surface area contributed by atoms with Crippen molar-refractivity contribution in [2.24, 2.45) is 0 Å². The second-order valence-electron chi connectivity index (χ2n) is 4.76. The van der Waals surface area contributed by atoms with Crippen LogP contribution in [0.5, 0.6) is 0 Å². The normalized spacial score (nSPS) is 21.3. The van der Waals surface area contributed by atoms with Gasteiger partial charge in [0.25, 0.3) is 11.6 Å². The lowest BCUT2D eigenvalue weighted by atomic mass is 10.1. The molecule has 2 atom stereocenters. The number of nitro benzene ring substituents is 1. The van der Waals surface area contributed by atoms with Gasteiger partial charge in [-0.1, -0.05) is 23.2 Å². The number of likely N-dealkylation sites (N-methyl/N-ethyl adjacent to an activating group) is 1. The van der Waals surface area contributed by atoms with Gasteiger partial charge in [-0.2, -0.15) is 0 Å². The van der Waals surface area contributed by atoms with Crippen LogP contribution in [0.4, 0.5) is 5.69 Å². The molecule has 0 radical (unpaired) electrons. The third-order valence-electron chi connectivity index (χ3n) is 3.42. The highest BCUT2D eigenvalue weighted by atomic mass is 35.5. The van der Waals surface area contributed by atoms with E-state index in [0.717, 1.165) is 12.1 Å². The predicted octanol–water partition coefficient (Wildman–Crippen LogP) is 1.31. The van der Waals surface area contributed by atoms with Crippen LogP contribution in [-0.2, 0) is 0 Å². The third kappa shape index (κ3) is 3.11. The molecule has 1 saturated heterocycles. The van der Waals surface area contributed by atoms with Crippen LogP contribution in [0.2, 0.25) is 10.0 Å². The smallest absolute Gasteiger partial charge is 0.271 e. The van der Waals surface area contributed by atoms with Gasteiger partial charge in [0.15, 0.2) is 0 Å². The summed E-state index contributed by atoms with van der Waals surface area (Å²) in [7, 11) is 1.51. The molecule has 1 aliphatic heterocycles. The van der Waals surface area contributed by atoms with Crippen LogP contribution in [-0.4, -0.2) is 53.1 Å². The molecule has 21 heavy (non-hydrogen) atoms. The maximum atomic E-state index is 12.4. The molecule has 0 aliphatic carbocycles. The minimum absolute atomic E-state index is 0.0421. The molecule has 1 aliphatic rings. The van der Waals surface area contributed by atoms with Gasteiger partial charge < -0.3 is 15.3 Å². The number of hydrogen-bond donors (Lipinski definition) is 2. The molecular weight excluding hydrogens is 321 g/mol. The summed E-state index contributed by atoms with van der Waals surface area (Å²) in [4.78, 5) is 24.0. The minimum Gasteiger partial charge on any atom is -0.390 e. The van der Waals surface area contributed by atoms with E-state index in [1.165, 1.54) is 11.9 Å². The van der Waals surface area contributed by atoms with E-state index in [9.17, 15) is 20.0 Å². The van der Waals surface area contributed by atoms with Gasteiger partial charge in [0.05, 0.1) is 32.7 Å². The van der Waals surface area contributed by atoms with E-state index in [2.05, 4.69) is 5.32 Å². The highest BCUT2D eigenvalue weighted by Crippen LogP contribution is 2.32. The number of halogens is 2. The first-order chi connectivity index (χ1) is 9.82. The van der Waals surface area contributed by atoms with E-state index in [-0.39, 0.29) is 21.3 Å². The number of nitrogens with one attached hydrogen (secondary N) is 1. The number of nitrogens with zero attached hydrogens (tertiary/aromatic N) is 2. The molecule has 114 valence electrons. The molecule has 0 aromatic heterocycles. The van der Waals surface area contributed by atoms with Crippen LogP contribution in [0.25, 0.3) is 0 Å². The van der Waals surface area contributed by atoms with Gasteiger partial charge in [0, 0.05) is 32.3 Å². The number of carbonyl (C=O) groups is 1. The Bertz CT molecular complexity index is 596.